The zero-order valence-electron chi connectivity index (χ0n) is 15.1. The second-order valence-electron chi connectivity index (χ2n) is 7.07. The number of carbonyl (C=O) groups is 1. The molecule has 2 N–H and O–H groups in total. The second kappa shape index (κ2) is 8.76. The van der Waals surface area contributed by atoms with Crippen molar-refractivity contribution in [2.75, 3.05) is 13.2 Å². The molecule has 0 spiro atoms. The van der Waals surface area contributed by atoms with Gasteiger partial charge >= 0.3 is 0 Å². The van der Waals surface area contributed by atoms with Gasteiger partial charge in [-0.2, -0.15) is 0 Å². The molecule has 0 radical (unpaired) electrons. The van der Waals surface area contributed by atoms with Crippen LogP contribution in [0.25, 0.3) is 0 Å². The summed E-state index contributed by atoms with van der Waals surface area (Å²) in [6.07, 6.45) is -0.840. The molecule has 4 nitrogen and oxygen atoms in total. The maximum atomic E-state index is 12.1. The lowest BCUT2D eigenvalue weighted by Gasteiger charge is -2.19. The Kier molecular flexibility index (Phi) is 6.93. The van der Waals surface area contributed by atoms with Crippen molar-refractivity contribution >= 4 is 29.1 Å². The molecule has 2 aromatic rings. The number of hydrogen-bond donors (Lipinski definition) is 2. The van der Waals surface area contributed by atoms with E-state index < -0.39 is 6.10 Å². The SMILES string of the molecule is CC(C)(C)c1ccc(OC[C@@H](O)CNC(=O)c2ccc(Cl)cc2Cl)cc1. The minimum absolute atomic E-state index is 0.0534. The van der Waals surface area contributed by atoms with Crippen LogP contribution in [0.1, 0.15) is 36.7 Å². The maximum Gasteiger partial charge on any atom is 0.252 e. The van der Waals surface area contributed by atoms with Gasteiger partial charge in [0.1, 0.15) is 18.5 Å². The largest absolute Gasteiger partial charge is 0.491 e. The van der Waals surface area contributed by atoms with Crippen molar-refractivity contribution in [3.05, 3.63) is 63.6 Å². The summed E-state index contributed by atoms with van der Waals surface area (Å²) in [5, 5.41) is 13.4. The topological polar surface area (TPSA) is 58.6 Å². The van der Waals surface area contributed by atoms with Crippen LogP contribution in [0.5, 0.6) is 5.75 Å². The van der Waals surface area contributed by atoms with Crippen molar-refractivity contribution in [2.45, 2.75) is 32.3 Å². The lowest BCUT2D eigenvalue weighted by atomic mass is 9.87. The lowest BCUT2D eigenvalue weighted by Crippen LogP contribution is -2.35. The molecule has 1 amide bonds. The molecule has 6 heteroatoms. The Morgan fingerprint density at radius 1 is 1.15 bits per heavy atom. The van der Waals surface area contributed by atoms with Gasteiger partial charge in [-0.25, -0.2) is 0 Å². The number of ether oxygens (including phenoxy) is 1. The highest BCUT2D eigenvalue weighted by Crippen LogP contribution is 2.24. The smallest absolute Gasteiger partial charge is 0.252 e. The van der Waals surface area contributed by atoms with Gasteiger partial charge in [-0.05, 0) is 41.3 Å². The van der Waals surface area contributed by atoms with Crippen molar-refractivity contribution < 1.29 is 14.6 Å². The Bertz CT molecular complexity index is 755. The minimum atomic E-state index is -0.840. The van der Waals surface area contributed by atoms with E-state index in [0.29, 0.717) is 16.3 Å². The van der Waals surface area contributed by atoms with Gasteiger partial charge in [0.2, 0.25) is 0 Å². The molecule has 0 bridgehead atoms. The fraction of sp³-hybridized carbons (Fsp3) is 0.350. The number of rotatable bonds is 6. The van der Waals surface area contributed by atoms with E-state index in [1.54, 1.807) is 12.1 Å². The van der Waals surface area contributed by atoms with Gasteiger partial charge in [0.15, 0.2) is 0 Å². The van der Waals surface area contributed by atoms with E-state index in [4.69, 9.17) is 27.9 Å². The third-order valence-corrected chi connectivity index (χ3v) is 4.38. The summed E-state index contributed by atoms with van der Waals surface area (Å²) in [6.45, 7) is 6.55. The first-order valence-electron chi connectivity index (χ1n) is 8.31. The quantitative estimate of drug-likeness (QED) is 0.758. The summed E-state index contributed by atoms with van der Waals surface area (Å²) in [5.74, 6) is 0.296. The second-order valence-corrected chi connectivity index (χ2v) is 7.92. The van der Waals surface area contributed by atoms with Crippen molar-refractivity contribution in [3.8, 4) is 5.75 Å². The first-order chi connectivity index (χ1) is 12.2. The van der Waals surface area contributed by atoms with Crippen molar-refractivity contribution in [1.82, 2.24) is 5.32 Å². The number of hydrogen-bond acceptors (Lipinski definition) is 3. The maximum absolute atomic E-state index is 12.1. The highest BCUT2D eigenvalue weighted by atomic mass is 35.5. The lowest BCUT2D eigenvalue weighted by molar-refractivity contribution is 0.0844. The third kappa shape index (κ3) is 5.90. The molecule has 0 unspecified atom stereocenters. The number of benzene rings is 2. The molecular weight excluding hydrogens is 373 g/mol. The summed E-state index contributed by atoms with van der Waals surface area (Å²) in [5.41, 5.74) is 1.59. The van der Waals surface area contributed by atoms with E-state index in [0.717, 1.165) is 0 Å². The van der Waals surface area contributed by atoms with Crippen molar-refractivity contribution in [1.29, 1.82) is 0 Å². The molecule has 0 aliphatic carbocycles. The number of nitrogens with one attached hydrogen (secondary N) is 1. The van der Waals surface area contributed by atoms with E-state index in [-0.39, 0.29) is 29.5 Å². The molecule has 2 rings (SSSR count). The van der Waals surface area contributed by atoms with Crippen LogP contribution < -0.4 is 10.1 Å². The van der Waals surface area contributed by atoms with Crippen LogP contribution in [-0.2, 0) is 5.41 Å². The molecule has 1 atom stereocenters. The fourth-order valence-corrected chi connectivity index (χ4v) is 2.78. The summed E-state index contributed by atoms with van der Waals surface area (Å²) in [6, 6.07) is 12.4. The predicted octanol–water partition coefficient (Wildman–Crippen LogP) is 4.46. The molecule has 140 valence electrons. The Balaban J connectivity index is 1.81. The number of aliphatic hydroxyl groups is 1. The van der Waals surface area contributed by atoms with Crippen LogP contribution in [0.15, 0.2) is 42.5 Å². The van der Waals surface area contributed by atoms with Crippen LogP contribution in [0.3, 0.4) is 0 Å². The van der Waals surface area contributed by atoms with E-state index in [2.05, 4.69) is 26.1 Å². The molecular formula is C20H23Cl2NO3. The first kappa shape index (κ1) is 20.6. The zero-order chi connectivity index (χ0) is 19.3. The number of carbonyl (C=O) groups excluding carboxylic acids is 1. The molecule has 26 heavy (non-hydrogen) atoms. The molecule has 0 fully saturated rings. The molecule has 0 aliphatic rings. The zero-order valence-corrected chi connectivity index (χ0v) is 16.6. The fourth-order valence-electron chi connectivity index (χ4n) is 2.28. The Hall–Kier alpha value is -1.75. The standard InChI is InChI=1S/C20H23Cl2NO3/c1-20(2,3)13-4-7-16(8-5-13)26-12-15(24)11-23-19(25)17-9-6-14(21)10-18(17)22/h4-10,15,24H,11-12H2,1-3H3,(H,23,25)/t15-/m0/s1. The molecule has 0 aromatic heterocycles. The first-order valence-corrected chi connectivity index (χ1v) is 9.07. The van der Waals surface area contributed by atoms with Crippen LogP contribution in [0.4, 0.5) is 0 Å². The van der Waals surface area contributed by atoms with Crippen LogP contribution >= 0.6 is 23.2 Å². The van der Waals surface area contributed by atoms with Gasteiger partial charge in [0.25, 0.3) is 5.91 Å². The van der Waals surface area contributed by atoms with Crippen molar-refractivity contribution in [3.63, 3.8) is 0 Å². The predicted molar refractivity (Wildman–Crippen MR) is 105 cm³/mol. The monoisotopic (exact) mass is 395 g/mol. The average Bonchev–Trinajstić information content (AvgIpc) is 2.57. The summed E-state index contributed by atoms with van der Waals surface area (Å²) in [4.78, 5) is 12.1. The van der Waals surface area contributed by atoms with Crippen LogP contribution in [-0.4, -0.2) is 30.3 Å². The third-order valence-electron chi connectivity index (χ3n) is 3.84. The van der Waals surface area contributed by atoms with Gasteiger partial charge in [0, 0.05) is 11.6 Å². The Labute approximate surface area is 164 Å². The Morgan fingerprint density at radius 2 is 1.81 bits per heavy atom. The van der Waals surface area contributed by atoms with Gasteiger partial charge < -0.3 is 15.2 Å². The summed E-state index contributed by atoms with van der Waals surface area (Å²) < 4.78 is 5.57. The van der Waals surface area contributed by atoms with E-state index in [1.165, 1.54) is 11.6 Å². The number of aliphatic hydroxyl groups excluding tert-OH is 1. The van der Waals surface area contributed by atoms with Crippen LogP contribution in [0.2, 0.25) is 10.0 Å². The summed E-state index contributed by atoms with van der Waals surface area (Å²) >= 11 is 11.8. The van der Waals surface area contributed by atoms with E-state index >= 15 is 0 Å². The van der Waals surface area contributed by atoms with Gasteiger partial charge in [0.05, 0.1) is 10.6 Å². The van der Waals surface area contributed by atoms with Gasteiger partial charge in [-0.3, -0.25) is 4.79 Å². The summed E-state index contributed by atoms with van der Waals surface area (Å²) in [7, 11) is 0. The number of amides is 1. The molecule has 2 aromatic carbocycles. The molecule has 0 saturated heterocycles. The normalized spacial score (nSPS) is 12.5. The average molecular weight is 396 g/mol. The molecule has 0 saturated carbocycles. The van der Waals surface area contributed by atoms with Crippen molar-refractivity contribution in [2.24, 2.45) is 0 Å². The highest BCUT2D eigenvalue weighted by Gasteiger charge is 2.14. The minimum Gasteiger partial charge on any atom is -0.491 e. The highest BCUT2D eigenvalue weighted by molar-refractivity contribution is 6.36. The Morgan fingerprint density at radius 3 is 2.38 bits per heavy atom. The van der Waals surface area contributed by atoms with Gasteiger partial charge in [-0.1, -0.05) is 56.1 Å². The number of halogens is 2. The van der Waals surface area contributed by atoms with E-state index in [9.17, 15) is 9.90 Å². The molecule has 0 heterocycles. The van der Waals surface area contributed by atoms with Crippen LogP contribution in [0, 0.1) is 0 Å². The van der Waals surface area contributed by atoms with E-state index in [1.807, 2.05) is 24.3 Å². The van der Waals surface area contributed by atoms with Gasteiger partial charge in [-0.15, -0.1) is 0 Å². The molecule has 0 aliphatic heterocycles.